The van der Waals surface area contributed by atoms with Crippen molar-refractivity contribution in [3.63, 3.8) is 0 Å². The maximum absolute atomic E-state index is 14.9. The minimum absolute atomic E-state index is 0.174. The fraction of sp³-hybridized carbons (Fsp3) is 0.154. The molecular weight excluding hydrogens is 437 g/mol. The number of hydrogen-bond acceptors (Lipinski definition) is 4. The van der Waals surface area contributed by atoms with Gasteiger partial charge in [-0.1, -0.05) is 26.0 Å². The fourth-order valence-electron chi connectivity index (χ4n) is 3.98. The number of pyridine rings is 1. The lowest BCUT2D eigenvalue weighted by Crippen LogP contribution is -1.94. The molecule has 3 heterocycles. The van der Waals surface area contributed by atoms with E-state index in [0.29, 0.717) is 22.4 Å². The molecule has 0 fully saturated rings. The molecule has 2 aromatic carbocycles. The Kier molecular flexibility index (Phi) is 5.01. The van der Waals surface area contributed by atoms with Crippen molar-refractivity contribution in [2.45, 2.75) is 31.6 Å². The summed E-state index contributed by atoms with van der Waals surface area (Å²) in [5.74, 6) is 0.605. The Bertz CT molecular complexity index is 1540. The molecule has 33 heavy (non-hydrogen) atoms. The van der Waals surface area contributed by atoms with Crippen molar-refractivity contribution in [3.8, 4) is 33.8 Å². The van der Waals surface area contributed by atoms with Crippen LogP contribution < -0.4 is 0 Å². The number of nitrogens with zero attached hydrogens (tertiary/aromatic N) is 2. The predicted molar refractivity (Wildman–Crippen MR) is 128 cm³/mol. The van der Waals surface area contributed by atoms with Gasteiger partial charge in [0, 0.05) is 28.1 Å². The zero-order valence-corrected chi connectivity index (χ0v) is 19.2. The van der Waals surface area contributed by atoms with Gasteiger partial charge in [-0.25, -0.2) is 17.8 Å². The molecule has 0 amide bonds. The Morgan fingerprint density at radius 1 is 0.970 bits per heavy atom. The first-order chi connectivity index (χ1) is 15.7. The van der Waals surface area contributed by atoms with Crippen LogP contribution in [0.4, 0.5) is 4.39 Å². The van der Waals surface area contributed by atoms with Gasteiger partial charge in [-0.2, -0.15) is 0 Å². The van der Waals surface area contributed by atoms with Crippen molar-refractivity contribution >= 4 is 15.9 Å². The number of imidazole rings is 1. The first-order valence-electron chi connectivity index (χ1n) is 10.6. The maximum atomic E-state index is 14.9. The van der Waals surface area contributed by atoms with Crippen LogP contribution in [-0.4, -0.2) is 23.4 Å². The molecule has 0 saturated carbocycles. The summed E-state index contributed by atoms with van der Waals surface area (Å²) < 4.78 is 39.1. The van der Waals surface area contributed by atoms with Crippen molar-refractivity contribution in [1.82, 2.24) is 15.0 Å². The summed E-state index contributed by atoms with van der Waals surface area (Å²) in [6.07, 6.45) is 1.54. The van der Waals surface area contributed by atoms with E-state index >= 15 is 0 Å². The molecule has 0 unspecified atom stereocenters. The molecule has 0 spiro atoms. The molecule has 4 aromatic rings. The molecule has 0 radical (unpaired) electrons. The van der Waals surface area contributed by atoms with Crippen molar-refractivity contribution in [2.75, 3.05) is 0 Å². The van der Waals surface area contributed by atoms with Gasteiger partial charge < -0.3 is 4.98 Å². The van der Waals surface area contributed by atoms with Crippen LogP contribution in [0.5, 0.6) is 0 Å². The second-order valence-electron chi connectivity index (χ2n) is 8.46. The Hall–Kier alpha value is -3.58. The summed E-state index contributed by atoms with van der Waals surface area (Å²) >= 11 is 0. The number of nitrogens with one attached hydrogen (secondary N) is 1. The third kappa shape index (κ3) is 3.78. The van der Waals surface area contributed by atoms with Gasteiger partial charge in [-0.15, -0.1) is 0 Å². The van der Waals surface area contributed by atoms with E-state index in [1.807, 2.05) is 25.1 Å². The quantitative estimate of drug-likeness (QED) is 0.398. The molecule has 166 valence electrons. The molecule has 0 bridgehead atoms. The number of fused-ring (bicyclic) bond motifs is 1. The van der Waals surface area contributed by atoms with E-state index in [2.05, 4.69) is 23.8 Å². The fourth-order valence-corrected chi connectivity index (χ4v) is 5.16. The van der Waals surface area contributed by atoms with Crippen LogP contribution in [0.25, 0.3) is 39.8 Å². The van der Waals surface area contributed by atoms with Crippen molar-refractivity contribution in [1.29, 1.82) is 0 Å². The van der Waals surface area contributed by atoms with E-state index in [9.17, 15) is 12.8 Å². The van der Waals surface area contributed by atoms with Gasteiger partial charge in [-0.3, -0.25) is 4.98 Å². The second-order valence-corrected chi connectivity index (χ2v) is 10.3. The van der Waals surface area contributed by atoms with Crippen molar-refractivity contribution < 1.29 is 12.8 Å². The van der Waals surface area contributed by atoms with Crippen LogP contribution in [0, 0.1) is 12.7 Å². The highest BCUT2D eigenvalue weighted by molar-refractivity contribution is 7.94. The van der Waals surface area contributed by atoms with E-state index in [-0.39, 0.29) is 10.8 Å². The number of halogens is 1. The zero-order valence-electron chi connectivity index (χ0n) is 18.4. The normalized spacial score (nSPS) is 14.1. The number of H-pyrrole nitrogens is 1. The number of aromatic amines is 1. The number of sulfone groups is 1. The first kappa shape index (κ1) is 21.3. The third-order valence-electron chi connectivity index (χ3n) is 5.71. The van der Waals surface area contributed by atoms with Gasteiger partial charge in [0.15, 0.2) is 9.84 Å². The van der Waals surface area contributed by atoms with Crippen molar-refractivity contribution in [3.05, 3.63) is 82.9 Å². The van der Waals surface area contributed by atoms with E-state index in [0.717, 1.165) is 28.5 Å². The van der Waals surface area contributed by atoms with Crippen LogP contribution in [0.15, 0.2) is 64.9 Å². The topological polar surface area (TPSA) is 75.7 Å². The molecule has 5 rings (SSSR count). The van der Waals surface area contributed by atoms with E-state index < -0.39 is 15.7 Å². The predicted octanol–water partition coefficient (Wildman–Crippen LogP) is 6.13. The summed E-state index contributed by atoms with van der Waals surface area (Å²) in [4.78, 5) is 13.1. The standard InChI is InChI=1S/C26H22FN3O2S/c1-15(2)26-29-24(25(30-26)22-6-4-5-16(3)28-22)19-7-9-21(27)20(14-19)17-8-10-23-18(13-17)11-12-33(23,31)32/h4-15H,1-3H3,(H,29,30). The van der Waals surface area contributed by atoms with E-state index in [4.69, 9.17) is 4.98 Å². The SMILES string of the molecule is Cc1cccc(-c2[nH]c(C(C)C)nc2-c2ccc(F)c(-c3ccc4c(c3)C=CS4(=O)=O)c2)n1. The van der Waals surface area contributed by atoms with Crippen LogP contribution in [0.1, 0.15) is 36.8 Å². The van der Waals surface area contributed by atoms with Gasteiger partial charge in [0.05, 0.1) is 22.0 Å². The Morgan fingerprint density at radius 2 is 1.76 bits per heavy atom. The molecule has 1 aliphatic heterocycles. The molecule has 7 heteroatoms. The van der Waals surface area contributed by atoms with Crippen molar-refractivity contribution in [2.24, 2.45) is 0 Å². The lowest BCUT2D eigenvalue weighted by molar-refractivity contribution is 0.605. The van der Waals surface area contributed by atoms with Gasteiger partial charge in [0.1, 0.15) is 11.6 Å². The minimum atomic E-state index is -3.41. The summed E-state index contributed by atoms with van der Waals surface area (Å²) in [5.41, 5.74) is 5.42. The highest BCUT2D eigenvalue weighted by Gasteiger charge is 2.22. The highest BCUT2D eigenvalue weighted by Crippen LogP contribution is 2.36. The maximum Gasteiger partial charge on any atom is 0.200 e. The van der Waals surface area contributed by atoms with E-state index in [1.165, 1.54) is 17.5 Å². The average Bonchev–Trinajstić information content (AvgIpc) is 3.36. The Labute approximate surface area is 192 Å². The number of benzene rings is 2. The first-order valence-corrected chi connectivity index (χ1v) is 12.2. The summed E-state index contributed by atoms with van der Waals surface area (Å²) in [7, 11) is -3.41. The zero-order chi connectivity index (χ0) is 23.3. The Morgan fingerprint density at radius 3 is 2.52 bits per heavy atom. The summed E-state index contributed by atoms with van der Waals surface area (Å²) in [5, 5.41) is 1.17. The minimum Gasteiger partial charge on any atom is -0.340 e. The van der Waals surface area contributed by atoms with Crippen LogP contribution in [-0.2, 0) is 9.84 Å². The van der Waals surface area contributed by atoms with Gasteiger partial charge >= 0.3 is 0 Å². The molecule has 0 atom stereocenters. The molecular formula is C26H22FN3O2S. The van der Waals surface area contributed by atoms with Crippen LogP contribution in [0.3, 0.4) is 0 Å². The number of hydrogen-bond donors (Lipinski definition) is 1. The third-order valence-corrected chi connectivity index (χ3v) is 7.19. The second kappa shape index (κ2) is 7.78. The largest absolute Gasteiger partial charge is 0.340 e. The Balaban J connectivity index is 1.66. The molecule has 5 nitrogen and oxygen atoms in total. The highest BCUT2D eigenvalue weighted by atomic mass is 32.2. The van der Waals surface area contributed by atoms with Crippen LogP contribution in [0.2, 0.25) is 0 Å². The monoisotopic (exact) mass is 459 g/mol. The molecule has 1 aliphatic rings. The summed E-state index contributed by atoms with van der Waals surface area (Å²) in [6.45, 7) is 6.04. The molecule has 1 N–H and O–H groups in total. The number of aromatic nitrogens is 3. The average molecular weight is 460 g/mol. The lowest BCUT2D eigenvalue weighted by Gasteiger charge is -2.09. The number of rotatable bonds is 4. The molecule has 2 aromatic heterocycles. The van der Waals surface area contributed by atoms with E-state index in [1.54, 1.807) is 30.3 Å². The smallest absolute Gasteiger partial charge is 0.200 e. The van der Waals surface area contributed by atoms with Gasteiger partial charge in [0.25, 0.3) is 0 Å². The molecule has 0 aliphatic carbocycles. The van der Waals surface area contributed by atoms with Gasteiger partial charge in [-0.05, 0) is 66.6 Å². The lowest BCUT2D eigenvalue weighted by atomic mass is 9.98. The number of aryl methyl sites for hydroxylation is 1. The molecule has 0 saturated heterocycles. The van der Waals surface area contributed by atoms with Crippen LogP contribution >= 0.6 is 0 Å². The summed E-state index contributed by atoms with van der Waals surface area (Å²) in [6, 6.07) is 15.5. The van der Waals surface area contributed by atoms with Gasteiger partial charge in [0.2, 0.25) is 0 Å².